The Labute approximate surface area is 246 Å². The smallest absolute Gasteiger partial charge is 0.250 e. The molecule has 2 atom stereocenters. The number of carbonyl (C=O) groups excluding carboxylic acids is 1. The zero-order valence-corrected chi connectivity index (χ0v) is 24.8. The summed E-state index contributed by atoms with van der Waals surface area (Å²) >= 11 is 16.1. The second kappa shape index (κ2) is 11.5. The number of nitrogens with one attached hydrogen (secondary N) is 2. The number of methoxy groups -OCH3 is 1. The predicted octanol–water partition coefficient (Wildman–Crippen LogP) is 6.67. The highest BCUT2D eigenvalue weighted by atomic mass is 79.9. The number of rotatable bonds is 7. The van der Waals surface area contributed by atoms with E-state index in [-0.39, 0.29) is 24.6 Å². The molecule has 2 aromatic carbocycles. The minimum Gasteiger partial charge on any atom is -0.375 e. The number of ether oxygens (including phenoxy) is 1. The molecule has 2 N–H and O–H groups in total. The Kier molecular flexibility index (Phi) is 8.04. The van der Waals surface area contributed by atoms with Crippen molar-refractivity contribution in [2.45, 2.75) is 25.9 Å². The summed E-state index contributed by atoms with van der Waals surface area (Å²) in [4.78, 5) is 18.8. The molecule has 5 rings (SSSR count). The van der Waals surface area contributed by atoms with E-state index in [1.54, 1.807) is 12.3 Å². The Bertz CT molecular complexity index is 1540. The van der Waals surface area contributed by atoms with Gasteiger partial charge >= 0.3 is 0 Å². The lowest BCUT2D eigenvalue weighted by atomic mass is 9.96. The van der Waals surface area contributed by atoms with E-state index in [9.17, 15) is 4.79 Å². The second-order valence-corrected chi connectivity index (χ2v) is 11.0. The summed E-state index contributed by atoms with van der Waals surface area (Å²) in [6.45, 7) is 4.17. The maximum absolute atomic E-state index is 12.1. The highest BCUT2D eigenvalue weighted by molar-refractivity contribution is 9.10. The van der Waals surface area contributed by atoms with Crippen molar-refractivity contribution in [3.05, 3.63) is 105 Å². The van der Waals surface area contributed by atoms with Gasteiger partial charge in [-0.15, -0.1) is 0 Å². The lowest BCUT2D eigenvalue weighted by molar-refractivity contribution is -0.119. The normalized spacial score (nSPS) is 16.8. The quantitative estimate of drug-likeness (QED) is 0.224. The van der Waals surface area contributed by atoms with Gasteiger partial charge in [-0.2, -0.15) is 0 Å². The van der Waals surface area contributed by atoms with Gasteiger partial charge in [0.25, 0.3) is 0 Å². The fourth-order valence-corrected chi connectivity index (χ4v) is 6.08. The van der Waals surface area contributed by atoms with Crippen molar-refractivity contribution in [2.75, 3.05) is 23.9 Å². The SMILES string of the molecule is COCC(=O)Nc1ccc(N2C(=S)N[C@@H](c3ccccn3)[C@@H]2c2cc(C)n(-c3cccc(Br)c3)c2C)cc1Cl. The number of carbonyl (C=O) groups is 1. The van der Waals surface area contributed by atoms with Gasteiger partial charge in [0.05, 0.1) is 28.5 Å². The van der Waals surface area contributed by atoms with Gasteiger partial charge in [-0.25, -0.2) is 0 Å². The van der Waals surface area contributed by atoms with Gasteiger partial charge in [0.1, 0.15) is 6.61 Å². The van der Waals surface area contributed by atoms with Crippen molar-refractivity contribution < 1.29 is 9.53 Å². The number of pyridine rings is 1. The minimum atomic E-state index is -0.279. The number of hydrogen-bond donors (Lipinski definition) is 2. The first-order chi connectivity index (χ1) is 18.8. The van der Waals surface area contributed by atoms with E-state index in [0.717, 1.165) is 38.5 Å². The molecule has 1 aliphatic heterocycles. The monoisotopic (exact) mass is 623 g/mol. The summed E-state index contributed by atoms with van der Waals surface area (Å²) in [5.74, 6) is -0.279. The number of thiocarbonyl (C=S) groups is 1. The zero-order chi connectivity index (χ0) is 27.7. The molecule has 0 spiro atoms. The molecule has 4 aromatic rings. The largest absolute Gasteiger partial charge is 0.375 e. The molecule has 39 heavy (non-hydrogen) atoms. The Morgan fingerprint density at radius 2 is 1.95 bits per heavy atom. The molecule has 1 amide bonds. The highest BCUT2D eigenvalue weighted by Gasteiger charge is 2.42. The van der Waals surface area contributed by atoms with Crippen LogP contribution >= 0.6 is 39.7 Å². The molecule has 0 saturated carbocycles. The van der Waals surface area contributed by atoms with Crippen LogP contribution in [0.25, 0.3) is 5.69 Å². The molecule has 0 bridgehead atoms. The van der Waals surface area contributed by atoms with Gasteiger partial charge in [0, 0.05) is 40.5 Å². The molecule has 2 aromatic heterocycles. The second-order valence-electron chi connectivity index (χ2n) is 9.28. The minimum absolute atomic E-state index is 0.0559. The fraction of sp³-hybridized carbons (Fsp3) is 0.207. The fourth-order valence-electron chi connectivity index (χ4n) is 5.12. The molecule has 7 nitrogen and oxygen atoms in total. The number of hydrogen-bond acceptors (Lipinski definition) is 4. The summed E-state index contributed by atoms with van der Waals surface area (Å²) in [6.07, 6.45) is 1.79. The van der Waals surface area contributed by atoms with E-state index in [1.807, 2.05) is 42.5 Å². The van der Waals surface area contributed by atoms with E-state index in [1.165, 1.54) is 7.11 Å². The van der Waals surface area contributed by atoms with Crippen molar-refractivity contribution in [1.82, 2.24) is 14.9 Å². The van der Waals surface area contributed by atoms with Crippen LogP contribution in [0.3, 0.4) is 0 Å². The van der Waals surface area contributed by atoms with Crippen LogP contribution in [-0.4, -0.2) is 34.3 Å². The number of aromatic nitrogens is 2. The Hall–Kier alpha value is -3.24. The van der Waals surface area contributed by atoms with E-state index >= 15 is 0 Å². The average molecular weight is 625 g/mol. The lowest BCUT2D eigenvalue weighted by Gasteiger charge is -2.28. The molecular formula is C29H27BrClN5O2S. The molecule has 0 radical (unpaired) electrons. The third kappa shape index (κ3) is 5.45. The van der Waals surface area contributed by atoms with Crippen molar-refractivity contribution in [1.29, 1.82) is 0 Å². The third-order valence-corrected chi connectivity index (χ3v) is 7.85. The van der Waals surface area contributed by atoms with E-state index in [4.69, 9.17) is 28.6 Å². The Morgan fingerprint density at radius 3 is 2.64 bits per heavy atom. The van der Waals surface area contributed by atoms with Crippen molar-refractivity contribution in [2.24, 2.45) is 0 Å². The van der Waals surface area contributed by atoms with Crippen LogP contribution in [0.2, 0.25) is 5.02 Å². The van der Waals surface area contributed by atoms with Gasteiger partial charge < -0.3 is 24.8 Å². The number of aryl methyl sites for hydroxylation is 1. The average Bonchev–Trinajstić information content (AvgIpc) is 3.40. The molecule has 0 unspecified atom stereocenters. The number of nitrogens with zero attached hydrogens (tertiary/aromatic N) is 3. The lowest BCUT2D eigenvalue weighted by Crippen LogP contribution is -2.29. The van der Waals surface area contributed by atoms with Gasteiger partial charge in [-0.1, -0.05) is 39.7 Å². The van der Waals surface area contributed by atoms with Crippen molar-refractivity contribution >= 4 is 62.1 Å². The van der Waals surface area contributed by atoms with Crippen LogP contribution in [0.4, 0.5) is 11.4 Å². The summed E-state index contributed by atoms with van der Waals surface area (Å²) < 4.78 is 8.17. The molecule has 200 valence electrons. The van der Waals surface area contributed by atoms with Crippen LogP contribution in [0.5, 0.6) is 0 Å². The molecule has 0 aliphatic carbocycles. The summed E-state index contributed by atoms with van der Waals surface area (Å²) in [5, 5.41) is 7.25. The number of benzene rings is 2. The number of amides is 1. The summed E-state index contributed by atoms with van der Waals surface area (Å²) in [6, 6.07) is 21.4. The third-order valence-electron chi connectivity index (χ3n) is 6.73. The Balaban J connectivity index is 1.61. The number of halogens is 2. The standard InChI is InChI=1S/C29H27BrClN5O2S/c1-17-13-22(18(2)35(17)20-8-6-7-19(30)14-20)28-27(25-9-4-5-12-32-25)34-29(39)36(28)21-10-11-24(23(31)15-21)33-26(37)16-38-3/h4-15,27-28H,16H2,1-3H3,(H,33,37)(H,34,39)/t27-,28-/m0/s1. The van der Waals surface area contributed by atoms with Crippen molar-refractivity contribution in [3.8, 4) is 5.69 Å². The summed E-state index contributed by atoms with van der Waals surface area (Å²) in [7, 11) is 1.47. The van der Waals surface area contributed by atoms with Crippen molar-refractivity contribution in [3.63, 3.8) is 0 Å². The zero-order valence-electron chi connectivity index (χ0n) is 21.6. The van der Waals surface area contributed by atoms with E-state index < -0.39 is 0 Å². The molecular weight excluding hydrogens is 598 g/mol. The van der Waals surface area contributed by atoms with Gasteiger partial charge in [0.2, 0.25) is 5.91 Å². The molecule has 1 fully saturated rings. The highest BCUT2D eigenvalue weighted by Crippen LogP contribution is 2.44. The maximum Gasteiger partial charge on any atom is 0.250 e. The first-order valence-corrected chi connectivity index (χ1v) is 13.9. The van der Waals surface area contributed by atoms with E-state index in [2.05, 4.69) is 73.1 Å². The van der Waals surface area contributed by atoms with Crippen LogP contribution in [-0.2, 0) is 9.53 Å². The first kappa shape index (κ1) is 27.3. The first-order valence-electron chi connectivity index (χ1n) is 12.3. The number of anilines is 2. The topological polar surface area (TPSA) is 71.4 Å². The van der Waals surface area contributed by atoms with Gasteiger partial charge in [0.15, 0.2) is 5.11 Å². The van der Waals surface area contributed by atoms with Gasteiger partial charge in [-0.05, 0) is 86.2 Å². The van der Waals surface area contributed by atoms with E-state index in [0.29, 0.717) is 15.8 Å². The molecule has 1 saturated heterocycles. The van der Waals surface area contributed by atoms with Crippen LogP contribution in [0.1, 0.15) is 34.7 Å². The van der Waals surface area contributed by atoms with Gasteiger partial charge in [-0.3, -0.25) is 9.78 Å². The van der Waals surface area contributed by atoms with Crippen LogP contribution < -0.4 is 15.5 Å². The van der Waals surface area contributed by atoms with Crippen LogP contribution in [0.15, 0.2) is 77.4 Å². The molecule has 3 heterocycles. The Morgan fingerprint density at radius 1 is 1.13 bits per heavy atom. The predicted molar refractivity (Wildman–Crippen MR) is 163 cm³/mol. The van der Waals surface area contributed by atoms with Crippen LogP contribution in [0, 0.1) is 13.8 Å². The maximum atomic E-state index is 12.1. The molecule has 1 aliphatic rings. The summed E-state index contributed by atoms with van der Waals surface area (Å²) in [5.41, 5.74) is 6.58. The molecule has 10 heteroatoms.